The fourth-order valence-electron chi connectivity index (χ4n) is 3.50. The quantitative estimate of drug-likeness (QED) is 0.835. The minimum atomic E-state index is -1.60. The lowest BCUT2D eigenvalue weighted by molar-refractivity contribution is -0.0313. The molecule has 3 rings (SSSR count). The van der Waals surface area contributed by atoms with E-state index in [1.807, 2.05) is 24.3 Å². The molecule has 3 unspecified atom stereocenters. The summed E-state index contributed by atoms with van der Waals surface area (Å²) < 4.78 is 22.6. The van der Waals surface area contributed by atoms with E-state index in [2.05, 4.69) is 13.8 Å². The number of rotatable bonds is 2. The summed E-state index contributed by atoms with van der Waals surface area (Å²) in [5.74, 6) is 0.324. The van der Waals surface area contributed by atoms with Crippen LogP contribution in [-0.4, -0.2) is 16.4 Å². The Morgan fingerprint density at radius 3 is 2.65 bits per heavy atom. The van der Waals surface area contributed by atoms with Crippen LogP contribution in [-0.2, 0) is 26.1 Å². The summed E-state index contributed by atoms with van der Waals surface area (Å²) in [4.78, 5) is 0. The van der Waals surface area contributed by atoms with Crippen molar-refractivity contribution in [1.82, 2.24) is 0 Å². The van der Waals surface area contributed by atoms with E-state index < -0.39 is 17.0 Å². The van der Waals surface area contributed by atoms with Gasteiger partial charge in [-0.3, -0.25) is 8.37 Å². The zero-order chi connectivity index (χ0) is 14.4. The molecule has 20 heavy (non-hydrogen) atoms. The van der Waals surface area contributed by atoms with E-state index in [9.17, 15) is 4.21 Å². The highest BCUT2D eigenvalue weighted by atomic mass is 35.5. The van der Waals surface area contributed by atoms with Crippen molar-refractivity contribution in [2.45, 2.75) is 38.7 Å². The van der Waals surface area contributed by atoms with E-state index in [1.54, 1.807) is 0 Å². The monoisotopic (exact) mass is 314 g/mol. The lowest BCUT2D eigenvalue weighted by Gasteiger charge is -2.38. The third-order valence-corrected chi connectivity index (χ3v) is 5.90. The lowest BCUT2D eigenvalue weighted by atomic mass is 9.73. The molecule has 1 spiro atoms. The minimum Gasteiger partial charge on any atom is -0.265 e. The Kier molecular flexibility index (Phi) is 3.70. The highest BCUT2D eigenvalue weighted by molar-refractivity contribution is 7.75. The molecule has 1 aromatic rings. The van der Waals surface area contributed by atoms with E-state index in [-0.39, 0.29) is 5.41 Å². The first-order valence-corrected chi connectivity index (χ1v) is 8.30. The molecule has 0 radical (unpaired) electrons. The summed E-state index contributed by atoms with van der Waals surface area (Å²) >= 11 is 4.33. The van der Waals surface area contributed by atoms with Gasteiger partial charge in [-0.25, -0.2) is 0 Å². The third-order valence-electron chi connectivity index (χ3n) is 4.90. The van der Waals surface area contributed by atoms with Crippen molar-refractivity contribution >= 4 is 23.0 Å². The molecule has 1 saturated heterocycles. The Labute approximate surface area is 127 Å². The Morgan fingerprint density at radius 2 is 2.05 bits per heavy atom. The van der Waals surface area contributed by atoms with Crippen LogP contribution in [0.25, 0.3) is 0 Å². The smallest absolute Gasteiger partial charge is 0.265 e. The van der Waals surface area contributed by atoms with Crippen LogP contribution < -0.4 is 0 Å². The van der Waals surface area contributed by atoms with Crippen LogP contribution in [0.1, 0.15) is 32.3 Å². The molecule has 2 aliphatic rings. The maximum absolute atomic E-state index is 11.6. The van der Waals surface area contributed by atoms with Crippen molar-refractivity contribution in [1.29, 1.82) is 0 Å². The lowest BCUT2D eigenvalue weighted by Crippen LogP contribution is -2.48. The standard InChI is InChI=1S/C15H19ClO3S/c1-14(2)8-7-12(15(14)10-18-20(17)19-15)9-11-3-5-13(16)6-4-11/h3-6,12H,7-10H2,1-2H3. The fraction of sp³-hybridized carbons (Fsp3) is 0.600. The zero-order valence-corrected chi connectivity index (χ0v) is 13.3. The predicted molar refractivity (Wildman–Crippen MR) is 79.6 cm³/mol. The van der Waals surface area contributed by atoms with E-state index in [4.69, 9.17) is 20.0 Å². The van der Waals surface area contributed by atoms with Gasteiger partial charge in [0.2, 0.25) is 0 Å². The van der Waals surface area contributed by atoms with Gasteiger partial charge in [-0.15, -0.1) is 0 Å². The topological polar surface area (TPSA) is 35.5 Å². The van der Waals surface area contributed by atoms with Gasteiger partial charge in [0, 0.05) is 5.02 Å². The first-order chi connectivity index (χ1) is 9.43. The van der Waals surface area contributed by atoms with Crippen LogP contribution in [0.3, 0.4) is 0 Å². The van der Waals surface area contributed by atoms with Crippen LogP contribution in [0.15, 0.2) is 24.3 Å². The summed E-state index contributed by atoms with van der Waals surface area (Å²) in [6, 6.07) is 7.92. The molecule has 110 valence electrons. The van der Waals surface area contributed by atoms with Gasteiger partial charge in [-0.1, -0.05) is 37.6 Å². The van der Waals surface area contributed by atoms with E-state index in [0.29, 0.717) is 12.5 Å². The van der Waals surface area contributed by atoms with E-state index in [1.165, 1.54) is 5.56 Å². The molecule has 0 aromatic heterocycles. The number of hydrogen-bond acceptors (Lipinski definition) is 3. The second-order valence-corrected chi connectivity index (χ2v) is 7.64. The summed E-state index contributed by atoms with van der Waals surface area (Å²) in [6.45, 7) is 4.78. The first kappa shape index (κ1) is 14.5. The number of benzene rings is 1. The van der Waals surface area contributed by atoms with Crippen LogP contribution in [0.5, 0.6) is 0 Å². The van der Waals surface area contributed by atoms with Crippen LogP contribution >= 0.6 is 11.6 Å². The maximum Gasteiger partial charge on any atom is 0.305 e. The van der Waals surface area contributed by atoms with Crippen molar-refractivity contribution < 1.29 is 12.6 Å². The largest absolute Gasteiger partial charge is 0.305 e. The highest BCUT2D eigenvalue weighted by Crippen LogP contribution is 2.55. The molecule has 0 amide bonds. The average molecular weight is 315 g/mol. The normalized spacial score (nSPS) is 35.8. The second-order valence-electron chi connectivity index (χ2n) is 6.39. The minimum absolute atomic E-state index is 0.0176. The Hall–Kier alpha value is -0.420. The predicted octanol–water partition coefficient (Wildman–Crippen LogP) is 3.68. The average Bonchev–Trinajstić information content (AvgIpc) is 2.89. The summed E-state index contributed by atoms with van der Waals surface area (Å²) in [5, 5.41) is 0.747. The zero-order valence-electron chi connectivity index (χ0n) is 11.7. The van der Waals surface area contributed by atoms with Crippen LogP contribution in [0.4, 0.5) is 0 Å². The van der Waals surface area contributed by atoms with Crippen molar-refractivity contribution in [2.24, 2.45) is 11.3 Å². The molecule has 1 aromatic carbocycles. The van der Waals surface area contributed by atoms with Crippen LogP contribution in [0, 0.1) is 11.3 Å². The van der Waals surface area contributed by atoms with Gasteiger partial charge in [0.1, 0.15) is 5.60 Å². The Balaban J connectivity index is 1.85. The number of hydrogen-bond donors (Lipinski definition) is 0. The molecule has 3 atom stereocenters. The molecule has 1 aliphatic carbocycles. The number of halogens is 1. The van der Waals surface area contributed by atoms with Gasteiger partial charge < -0.3 is 0 Å². The first-order valence-electron chi connectivity index (χ1n) is 6.92. The van der Waals surface area contributed by atoms with Crippen molar-refractivity contribution in [3.63, 3.8) is 0 Å². The van der Waals surface area contributed by atoms with Gasteiger partial charge in [0.05, 0.1) is 6.61 Å². The van der Waals surface area contributed by atoms with Gasteiger partial charge in [-0.05, 0) is 48.3 Å². The molecule has 5 heteroatoms. The van der Waals surface area contributed by atoms with Crippen molar-refractivity contribution in [2.75, 3.05) is 6.61 Å². The highest BCUT2D eigenvalue weighted by Gasteiger charge is 2.60. The van der Waals surface area contributed by atoms with Crippen LogP contribution in [0.2, 0.25) is 5.02 Å². The fourth-order valence-corrected chi connectivity index (χ4v) is 4.60. The molecular formula is C15H19ClO3S. The van der Waals surface area contributed by atoms with Gasteiger partial charge >= 0.3 is 11.4 Å². The molecular weight excluding hydrogens is 296 g/mol. The summed E-state index contributed by atoms with van der Waals surface area (Å²) in [7, 11) is 0. The van der Waals surface area contributed by atoms with Gasteiger partial charge in [-0.2, -0.15) is 4.21 Å². The van der Waals surface area contributed by atoms with E-state index >= 15 is 0 Å². The van der Waals surface area contributed by atoms with Gasteiger partial charge in [0.25, 0.3) is 0 Å². The summed E-state index contributed by atoms with van der Waals surface area (Å²) in [6.07, 6.45) is 3.03. The molecule has 3 nitrogen and oxygen atoms in total. The summed E-state index contributed by atoms with van der Waals surface area (Å²) in [5.41, 5.74) is 0.783. The SMILES string of the molecule is CC1(C)CCC(Cc2ccc(Cl)cc2)C12COS(=O)O2. The van der Waals surface area contributed by atoms with Crippen molar-refractivity contribution in [3.05, 3.63) is 34.9 Å². The van der Waals surface area contributed by atoms with Crippen molar-refractivity contribution in [3.8, 4) is 0 Å². The van der Waals surface area contributed by atoms with Gasteiger partial charge in [0.15, 0.2) is 0 Å². The maximum atomic E-state index is 11.6. The Morgan fingerprint density at radius 1 is 1.35 bits per heavy atom. The van der Waals surface area contributed by atoms with E-state index in [0.717, 1.165) is 24.3 Å². The third kappa shape index (κ3) is 2.33. The second kappa shape index (κ2) is 5.09. The molecule has 1 aliphatic heterocycles. The molecule has 1 heterocycles. The Bertz CT molecular complexity index is 528. The molecule has 1 saturated carbocycles. The molecule has 2 fully saturated rings. The molecule has 0 N–H and O–H groups in total. The molecule has 0 bridgehead atoms.